The minimum Gasteiger partial charge on any atom is -0.465 e. The molecule has 6 heteroatoms. The van der Waals surface area contributed by atoms with E-state index in [9.17, 15) is 14.9 Å². The van der Waals surface area contributed by atoms with Crippen molar-refractivity contribution in [2.24, 2.45) is 0 Å². The molecular weight excluding hydrogens is 260 g/mol. The fourth-order valence-electron chi connectivity index (χ4n) is 1.61. The summed E-state index contributed by atoms with van der Waals surface area (Å²) >= 11 is 0. The fourth-order valence-corrected chi connectivity index (χ4v) is 1.61. The summed E-state index contributed by atoms with van der Waals surface area (Å²) in [6, 6.07) is 7.94. The van der Waals surface area contributed by atoms with Gasteiger partial charge in [0.2, 0.25) is 5.91 Å². The van der Waals surface area contributed by atoms with Crippen LogP contribution in [0.4, 0.5) is 11.4 Å². The van der Waals surface area contributed by atoms with Crippen LogP contribution in [0.3, 0.4) is 0 Å². The summed E-state index contributed by atoms with van der Waals surface area (Å²) in [7, 11) is 0. The molecule has 1 aromatic heterocycles. The Labute approximate surface area is 114 Å². The van der Waals surface area contributed by atoms with Crippen LogP contribution >= 0.6 is 0 Å². The molecule has 0 radical (unpaired) electrons. The van der Waals surface area contributed by atoms with E-state index in [4.69, 9.17) is 4.42 Å². The topological polar surface area (TPSA) is 85.4 Å². The highest BCUT2D eigenvalue weighted by Gasteiger charge is 2.11. The molecule has 0 aliphatic carbocycles. The number of nitrogens with one attached hydrogen (secondary N) is 1. The minimum absolute atomic E-state index is 0.0298. The number of nitrogens with zero attached hydrogens (tertiary/aromatic N) is 1. The van der Waals surface area contributed by atoms with Crippen LogP contribution in [0.2, 0.25) is 0 Å². The molecule has 1 aromatic carbocycles. The van der Waals surface area contributed by atoms with Crippen LogP contribution in [0, 0.1) is 17.0 Å². The number of benzene rings is 1. The molecule has 0 aliphatic rings. The first-order chi connectivity index (χ1) is 9.56. The molecule has 1 amide bonds. The Kier molecular flexibility index (Phi) is 3.95. The van der Waals surface area contributed by atoms with Crippen LogP contribution in [0.5, 0.6) is 0 Å². The number of nitro groups is 1. The molecule has 1 N–H and O–H groups in total. The maximum Gasteiger partial charge on any atom is 0.274 e. The molecule has 2 aromatic rings. The van der Waals surface area contributed by atoms with Crippen molar-refractivity contribution in [1.29, 1.82) is 0 Å². The van der Waals surface area contributed by atoms with Crippen LogP contribution in [-0.2, 0) is 4.79 Å². The lowest BCUT2D eigenvalue weighted by Crippen LogP contribution is -2.08. The third-order valence-corrected chi connectivity index (χ3v) is 2.62. The number of hydrogen-bond acceptors (Lipinski definition) is 4. The summed E-state index contributed by atoms with van der Waals surface area (Å²) in [5.41, 5.74) is 0.883. The molecule has 0 atom stereocenters. The summed E-state index contributed by atoms with van der Waals surface area (Å²) in [6.45, 7) is 1.64. The number of rotatable bonds is 4. The number of carbonyl (C=O) groups excluding carboxylic acids is 1. The van der Waals surface area contributed by atoms with Gasteiger partial charge in [0.05, 0.1) is 11.2 Å². The van der Waals surface area contributed by atoms with Gasteiger partial charge in [-0.15, -0.1) is 0 Å². The maximum atomic E-state index is 11.7. The van der Waals surface area contributed by atoms with Crippen molar-refractivity contribution in [3.05, 3.63) is 64.1 Å². The molecule has 0 bridgehead atoms. The molecule has 102 valence electrons. The van der Waals surface area contributed by atoms with E-state index in [1.165, 1.54) is 24.5 Å². The van der Waals surface area contributed by atoms with Gasteiger partial charge in [-0.2, -0.15) is 0 Å². The molecule has 1 heterocycles. The maximum absolute atomic E-state index is 11.7. The van der Waals surface area contributed by atoms with Crippen molar-refractivity contribution < 1.29 is 14.1 Å². The second kappa shape index (κ2) is 5.83. The first kappa shape index (κ1) is 13.5. The lowest BCUT2D eigenvalue weighted by atomic mass is 10.2. The van der Waals surface area contributed by atoms with Gasteiger partial charge >= 0.3 is 0 Å². The van der Waals surface area contributed by atoms with E-state index in [2.05, 4.69) is 5.32 Å². The molecule has 0 fully saturated rings. The highest BCUT2D eigenvalue weighted by atomic mass is 16.6. The summed E-state index contributed by atoms with van der Waals surface area (Å²) in [6.07, 6.45) is 4.31. The van der Waals surface area contributed by atoms with Crippen LogP contribution in [-0.4, -0.2) is 10.8 Å². The molecule has 0 aliphatic heterocycles. The molecule has 20 heavy (non-hydrogen) atoms. The number of nitro benzene ring substituents is 1. The van der Waals surface area contributed by atoms with Crippen LogP contribution in [0.25, 0.3) is 6.08 Å². The van der Waals surface area contributed by atoms with Gasteiger partial charge in [0.25, 0.3) is 5.69 Å². The Hall–Kier alpha value is -2.89. The Morgan fingerprint density at radius 2 is 2.20 bits per heavy atom. The Morgan fingerprint density at radius 1 is 1.40 bits per heavy atom. The van der Waals surface area contributed by atoms with E-state index in [-0.39, 0.29) is 11.6 Å². The van der Waals surface area contributed by atoms with E-state index >= 15 is 0 Å². The Bertz CT molecular complexity index is 660. The van der Waals surface area contributed by atoms with E-state index < -0.39 is 4.92 Å². The van der Waals surface area contributed by atoms with Gasteiger partial charge in [-0.3, -0.25) is 14.9 Å². The summed E-state index contributed by atoms with van der Waals surface area (Å²) in [5.74, 6) is 0.162. The van der Waals surface area contributed by atoms with Gasteiger partial charge in [-0.25, -0.2) is 0 Å². The lowest BCUT2D eigenvalue weighted by molar-refractivity contribution is -0.385. The molecular formula is C14H12N2O4. The number of amides is 1. The van der Waals surface area contributed by atoms with Crippen molar-refractivity contribution in [1.82, 2.24) is 0 Å². The Balaban J connectivity index is 2.08. The molecule has 6 nitrogen and oxygen atoms in total. The number of hydrogen-bond donors (Lipinski definition) is 1. The average Bonchev–Trinajstić information content (AvgIpc) is 2.91. The molecule has 2 rings (SSSR count). The molecule has 0 saturated carbocycles. The van der Waals surface area contributed by atoms with Gasteiger partial charge in [0.15, 0.2) is 0 Å². The van der Waals surface area contributed by atoms with E-state index in [1.807, 2.05) is 0 Å². The smallest absolute Gasteiger partial charge is 0.274 e. The van der Waals surface area contributed by atoms with Crippen molar-refractivity contribution in [2.75, 3.05) is 5.32 Å². The number of anilines is 1. The van der Waals surface area contributed by atoms with Gasteiger partial charge in [-0.05, 0) is 31.2 Å². The van der Waals surface area contributed by atoms with Crippen LogP contribution < -0.4 is 5.32 Å². The normalized spacial score (nSPS) is 10.7. The standard InChI is InChI=1S/C14H12N2O4/c1-10-4-5-11(9-13(10)16(18)19)15-14(17)7-6-12-3-2-8-20-12/h2-9H,1H3,(H,15,17). The van der Waals surface area contributed by atoms with Crippen LogP contribution in [0.1, 0.15) is 11.3 Å². The van der Waals surface area contributed by atoms with Gasteiger partial charge in [0.1, 0.15) is 5.76 Å². The van der Waals surface area contributed by atoms with Crippen LogP contribution in [0.15, 0.2) is 47.1 Å². The van der Waals surface area contributed by atoms with Crippen molar-refractivity contribution in [2.45, 2.75) is 6.92 Å². The van der Waals surface area contributed by atoms with Crippen molar-refractivity contribution in [3.63, 3.8) is 0 Å². The predicted octanol–water partition coefficient (Wildman–Crippen LogP) is 3.15. The summed E-state index contributed by atoms with van der Waals surface area (Å²) in [4.78, 5) is 22.0. The molecule has 0 unspecified atom stereocenters. The minimum atomic E-state index is -0.482. The first-order valence-corrected chi connectivity index (χ1v) is 5.84. The van der Waals surface area contributed by atoms with Crippen molar-refractivity contribution >= 4 is 23.4 Å². The predicted molar refractivity (Wildman–Crippen MR) is 74.2 cm³/mol. The van der Waals surface area contributed by atoms with E-state index in [0.717, 1.165) is 0 Å². The van der Waals surface area contributed by atoms with Crippen molar-refractivity contribution in [3.8, 4) is 0 Å². The molecule has 0 saturated heterocycles. The highest BCUT2D eigenvalue weighted by molar-refractivity contribution is 6.01. The average molecular weight is 272 g/mol. The second-order valence-corrected chi connectivity index (χ2v) is 4.10. The van der Waals surface area contributed by atoms with Gasteiger partial charge < -0.3 is 9.73 Å². The summed E-state index contributed by atoms with van der Waals surface area (Å²) < 4.78 is 5.04. The number of aryl methyl sites for hydroxylation is 1. The molecule has 0 spiro atoms. The third kappa shape index (κ3) is 3.32. The zero-order valence-corrected chi connectivity index (χ0v) is 10.7. The fraction of sp³-hybridized carbons (Fsp3) is 0.0714. The lowest BCUT2D eigenvalue weighted by Gasteiger charge is -2.03. The van der Waals surface area contributed by atoms with E-state index in [0.29, 0.717) is 17.0 Å². The third-order valence-electron chi connectivity index (χ3n) is 2.62. The highest BCUT2D eigenvalue weighted by Crippen LogP contribution is 2.22. The largest absolute Gasteiger partial charge is 0.465 e. The first-order valence-electron chi connectivity index (χ1n) is 5.84. The summed E-state index contributed by atoms with van der Waals surface area (Å²) in [5, 5.41) is 13.4. The van der Waals surface area contributed by atoms with E-state index in [1.54, 1.807) is 31.2 Å². The second-order valence-electron chi connectivity index (χ2n) is 4.10. The Morgan fingerprint density at radius 3 is 2.85 bits per heavy atom. The quantitative estimate of drug-likeness (QED) is 0.526. The van der Waals surface area contributed by atoms with Gasteiger partial charge in [-0.1, -0.05) is 6.07 Å². The SMILES string of the molecule is Cc1ccc(NC(=O)C=Cc2ccco2)cc1[N+](=O)[O-]. The zero-order valence-electron chi connectivity index (χ0n) is 10.7. The van der Waals surface area contributed by atoms with Gasteiger partial charge in [0, 0.05) is 23.4 Å². The number of carbonyl (C=O) groups is 1. The zero-order chi connectivity index (χ0) is 14.5. The number of furan rings is 1. The monoisotopic (exact) mass is 272 g/mol.